The highest BCUT2D eigenvalue weighted by Crippen LogP contribution is 2.43. The highest BCUT2D eigenvalue weighted by molar-refractivity contribution is 5.96. The van der Waals surface area contributed by atoms with E-state index in [0.717, 1.165) is 0 Å². The van der Waals surface area contributed by atoms with Gasteiger partial charge in [0.05, 0.1) is 0 Å². The molecule has 84 valence electrons. The Kier molecular flexibility index (Phi) is 2.31. The topological polar surface area (TPSA) is 61.8 Å². The molecule has 2 saturated carbocycles. The number of methoxy groups -OCH3 is 2. The lowest BCUT2D eigenvalue weighted by Gasteiger charge is -2.14. The summed E-state index contributed by atoms with van der Waals surface area (Å²) in [5.74, 6) is -1.17. The summed E-state index contributed by atoms with van der Waals surface area (Å²) in [5.41, 5.74) is -1.72. The first-order valence-electron chi connectivity index (χ1n) is 4.96. The van der Waals surface area contributed by atoms with Crippen molar-refractivity contribution in [2.45, 2.75) is 36.9 Å². The fourth-order valence-electron chi connectivity index (χ4n) is 1.48. The molecule has 15 heavy (non-hydrogen) atoms. The van der Waals surface area contributed by atoms with E-state index < -0.39 is 23.1 Å². The summed E-state index contributed by atoms with van der Waals surface area (Å²) in [6.07, 6.45) is 2.48. The second kappa shape index (κ2) is 3.28. The Balaban J connectivity index is 1.92. The van der Waals surface area contributed by atoms with Gasteiger partial charge in [-0.25, -0.2) is 9.59 Å². The molecule has 0 unspecified atom stereocenters. The Morgan fingerprint density at radius 3 is 1.40 bits per heavy atom. The zero-order chi connectivity index (χ0) is 11.1. The minimum atomic E-state index is -0.862. The maximum absolute atomic E-state index is 11.5. The zero-order valence-corrected chi connectivity index (χ0v) is 8.87. The van der Waals surface area contributed by atoms with E-state index in [1.807, 2.05) is 0 Å². The van der Waals surface area contributed by atoms with Gasteiger partial charge in [-0.1, -0.05) is 0 Å². The van der Waals surface area contributed by atoms with Crippen LogP contribution in [0.5, 0.6) is 0 Å². The lowest BCUT2D eigenvalue weighted by molar-refractivity contribution is -0.176. The molecule has 0 aliphatic heterocycles. The second-order valence-corrected chi connectivity index (χ2v) is 4.07. The van der Waals surface area contributed by atoms with Crippen molar-refractivity contribution in [3.63, 3.8) is 0 Å². The maximum Gasteiger partial charge on any atom is 0.346 e. The number of carbonyl (C=O) groups excluding carboxylic acids is 2. The lowest BCUT2D eigenvalue weighted by atomic mass is 10.3. The summed E-state index contributed by atoms with van der Waals surface area (Å²) in [5, 5.41) is 0. The Bertz CT molecular complexity index is 271. The normalized spacial score (nSPS) is 24.4. The molecular formula is C10H14O5. The van der Waals surface area contributed by atoms with Gasteiger partial charge in [0.15, 0.2) is 11.2 Å². The number of ether oxygens (including phenoxy) is 3. The number of carbonyl (C=O) groups is 2. The van der Waals surface area contributed by atoms with E-state index >= 15 is 0 Å². The van der Waals surface area contributed by atoms with Crippen LogP contribution < -0.4 is 0 Å². The van der Waals surface area contributed by atoms with E-state index in [4.69, 9.17) is 14.2 Å². The van der Waals surface area contributed by atoms with Crippen molar-refractivity contribution in [2.75, 3.05) is 14.2 Å². The van der Waals surface area contributed by atoms with Gasteiger partial charge >= 0.3 is 11.9 Å². The molecule has 0 heterocycles. The number of esters is 2. The first-order chi connectivity index (χ1) is 7.08. The Morgan fingerprint density at radius 2 is 1.20 bits per heavy atom. The van der Waals surface area contributed by atoms with Crippen molar-refractivity contribution < 1.29 is 23.8 Å². The molecule has 0 bridgehead atoms. The largest absolute Gasteiger partial charge is 0.389 e. The van der Waals surface area contributed by atoms with Crippen molar-refractivity contribution >= 4 is 11.9 Å². The SMILES string of the molecule is COC1(C(=O)OC(=O)C2(OC)CC2)CC1. The highest BCUT2D eigenvalue weighted by atomic mass is 16.6. The monoisotopic (exact) mass is 214 g/mol. The summed E-state index contributed by atoms with van der Waals surface area (Å²) in [6, 6.07) is 0. The van der Waals surface area contributed by atoms with Crippen LogP contribution in [0.25, 0.3) is 0 Å². The fourth-order valence-corrected chi connectivity index (χ4v) is 1.48. The van der Waals surface area contributed by atoms with Gasteiger partial charge in [0.2, 0.25) is 0 Å². The second-order valence-electron chi connectivity index (χ2n) is 4.07. The Morgan fingerprint density at radius 1 is 0.867 bits per heavy atom. The van der Waals surface area contributed by atoms with Crippen molar-refractivity contribution in [3.05, 3.63) is 0 Å². The van der Waals surface area contributed by atoms with Crippen molar-refractivity contribution in [1.82, 2.24) is 0 Å². The van der Waals surface area contributed by atoms with Crippen LogP contribution in [0.4, 0.5) is 0 Å². The Hall–Kier alpha value is -0.940. The molecule has 0 saturated heterocycles. The molecule has 2 aliphatic carbocycles. The standard InChI is InChI=1S/C10H14O5/c1-13-9(3-4-9)7(11)15-8(12)10(14-2)5-6-10/h3-6H2,1-2H3. The van der Waals surface area contributed by atoms with E-state index in [-0.39, 0.29) is 0 Å². The molecule has 0 radical (unpaired) electrons. The van der Waals surface area contributed by atoms with Gasteiger partial charge in [0.25, 0.3) is 0 Å². The predicted octanol–water partition coefficient (Wildman–Crippen LogP) is 0.414. The van der Waals surface area contributed by atoms with Gasteiger partial charge in [-0.2, -0.15) is 0 Å². The highest BCUT2D eigenvalue weighted by Gasteiger charge is 2.57. The summed E-state index contributed by atoms with van der Waals surface area (Å²) in [7, 11) is 2.89. The minimum absolute atomic E-state index is 0.585. The quantitative estimate of drug-likeness (QED) is 0.501. The molecule has 0 atom stereocenters. The third-order valence-corrected chi connectivity index (χ3v) is 3.12. The van der Waals surface area contributed by atoms with Crippen LogP contribution in [0.3, 0.4) is 0 Å². The summed E-state index contributed by atoms with van der Waals surface area (Å²) in [6.45, 7) is 0. The molecule has 5 heteroatoms. The smallest absolute Gasteiger partial charge is 0.346 e. The third-order valence-electron chi connectivity index (χ3n) is 3.12. The molecule has 0 aromatic heterocycles. The molecule has 2 fully saturated rings. The first kappa shape index (κ1) is 10.6. The van der Waals surface area contributed by atoms with E-state index in [1.165, 1.54) is 14.2 Å². The molecule has 0 aromatic rings. The van der Waals surface area contributed by atoms with Crippen LogP contribution in [0.1, 0.15) is 25.7 Å². The molecule has 2 aliphatic rings. The van der Waals surface area contributed by atoms with E-state index in [2.05, 4.69) is 0 Å². The predicted molar refractivity (Wildman–Crippen MR) is 49.0 cm³/mol. The molecule has 0 amide bonds. The Labute approximate surface area is 87.7 Å². The molecule has 0 spiro atoms. The minimum Gasteiger partial charge on any atom is -0.389 e. The average molecular weight is 214 g/mol. The van der Waals surface area contributed by atoms with Gasteiger partial charge in [0, 0.05) is 14.2 Å². The number of hydrogen-bond donors (Lipinski definition) is 0. The van der Waals surface area contributed by atoms with E-state index in [0.29, 0.717) is 25.7 Å². The molecule has 5 nitrogen and oxygen atoms in total. The number of rotatable bonds is 4. The summed E-state index contributed by atoms with van der Waals surface area (Å²) >= 11 is 0. The van der Waals surface area contributed by atoms with Crippen LogP contribution in [-0.4, -0.2) is 37.4 Å². The summed E-state index contributed by atoms with van der Waals surface area (Å²) < 4.78 is 14.8. The number of hydrogen-bond acceptors (Lipinski definition) is 5. The maximum atomic E-state index is 11.5. The molecule has 2 rings (SSSR count). The van der Waals surface area contributed by atoms with E-state index in [1.54, 1.807) is 0 Å². The molecular weight excluding hydrogens is 200 g/mol. The van der Waals surface area contributed by atoms with Crippen molar-refractivity contribution in [1.29, 1.82) is 0 Å². The van der Waals surface area contributed by atoms with Gasteiger partial charge in [-0.05, 0) is 25.7 Å². The molecule has 0 aromatic carbocycles. The summed E-state index contributed by atoms with van der Waals surface area (Å²) in [4.78, 5) is 23.1. The third kappa shape index (κ3) is 1.66. The molecule has 0 N–H and O–H groups in total. The van der Waals surface area contributed by atoms with Gasteiger partial charge in [-0.15, -0.1) is 0 Å². The van der Waals surface area contributed by atoms with Crippen molar-refractivity contribution in [2.24, 2.45) is 0 Å². The van der Waals surface area contributed by atoms with Crippen LogP contribution in [-0.2, 0) is 23.8 Å². The fraction of sp³-hybridized carbons (Fsp3) is 0.800. The van der Waals surface area contributed by atoms with Gasteiger partial charge < -0.3 is 14.2 Å². The zero-order valence-electron chi connectivity index (χ0n) is 8.87. The van der Waals surface area contributed by atoms with Crippen LogP contribution in [0.15, 0.2) is 0 Å². The van der Waals surface area contributed by atoms with Crippen molar-refractivity contribution in [3.8, 4) is 0 Å². The average Bonchev–Trinajstić information content (AvgIpc) is 3.13. The van der Waals surface area contributed by atoms with Gasteiger partial charge in [-0.3, -0.25) is 0 Å². The van der Waals surface area contributed by atoms with Crippen LogP contribution in [0.2, 0.25) is 0 Å². The van der Waals surface area contributed by atoms with Gasteiger partial charge in [0.1, 0.15) is 0 Å². The van der Waals surface area contributed by atoms with Crippen LogP contribution in [0, 0.1) is 0 Å². The lowest BCUT2D eigenvalue weighted by Crippen LogP contribution is -2.35. The van der Waals surface area contributed by atoms with Crippen LogP contribution >= 0.6 is 0 Å². The first-order valence-corrected chi connectivity index (χ1v) is 4.96. The van der Waals surface area contributed by atoms with E-state index in [9.17, 15) is 9.59 Å².